The van der Waals surface area contributed by atoms with Crippen LogP contribution in [0.25, 0.3) is 0 Å². The second-order valence-corrected chi connectivity index (χ2v) is 5.32. The molecule has 2 rings (SSSR count). The highest BCUT2D eigenvalue weighted by Crippen LogP contribution is 2.13. The molecule has 0 amide bonds. The van der Waals surface area contributed by atoms with Crippen LogP contribution in [0, 0.1) is 6.92 Å². The maximum atomic E-state index is 4.53. The van der Waals surface area contributed by atoms with E-state index in [1.54, 1.807) is 0 Å². The van der Waals surface area contributed by atoms with Gasteiger partial charge in [-0.05, 0) is 46.7 Å². The van der Waals surface area contributed by atoms with E-state index < -0.39 is 0 Å². The van der Waals surface area contributed by atoms with Gasteiger partial charge in [0.1, 0.15) is 0 Å². The van der Waals surface area contributed by atoms with Gasteiger partial charge in [0.2, 0.25) is 5.95 Å². The highest BCUT2D eigenvalue weighted by atomic mass is 15.2. The summed E-state index contributed by atoms with van der Waals surface area (Å²) in [4.78, 5) is 7.12. The largest absolute Gasteiger partial charge is 0.354 e. The van der Waals surface area contributed by atoms with E-state index in [9.17, 15) is 0 Å². The summed E-state index contributed by atoms with van der Waals surface area (Å²) in [6, 6.07) is 0.590. The van der Waals surface area contributed by atoms with E-state index in [2.05, 4.69) is 39.8 Å². The average Bonchev–Trinajstić information content (AvgIpc) is 2.77. The number of aromatic nitrogens is 2. The third-order valence-electron chi connectivity index (χ3n) is 3.81. The Kier molecular flexibility index (Phi) is 4.64. The maximum absolute atomic E-state index is 4.53. The highest BCUT2D eigenvalue weighted by molar-refractivity contribution is 5.28. The smallest absolute Gasteiger partial charge is 0.203 e. The topological polar surface area (TPSA) is 33.1 Å². The number of aryl methyl sites for hydroxylation is 2. The van der Waals surface area contributed by atoms with Gasteiger partial charge >= 0.3 is 0 Å². The van der Waals surface area contributed by atoms with Crippen LogP contribution >= 0.6 is 0 Å². The molecule has 0 aliphatic carbocycles. The van der Waals surface area contributed by atoms with Gasteiger partial charge in [-0.3, -0.25) is 4.90 Å². The zero-order valence-electron chi connectivity index (χ0n) is 11.9. The first-order valence-corrected chi connectivity index (χ1v) is 7.22. The van der Waals surface area contributed by atoms with Gasteiger partial charge in [-0.2, -0.15) is 0 Å². The molecule has 0 spiro atoms. The fraction of sp³-hybridized carbons (Fsp3) is 0.786. The van der Waals surface area contributed by atoms with Gasteiger partial charge in [-0.25, -0.2) is 4.98 Å². The van der Waals surface area contributed by atoms with Gasteiger partial charge in [0.15, 0.2) is 0 Å². The molecule has 1 saturated heterocycles. The summed E-state index contributed by atoms with van der Waals surface area (Å²) in [7, 11) is 0. The fourth-order valence-corrected chi connectivity index (χ4v) is 2.66. The van der Waals surface area contributed by atoms with E-state index in [4.69, 9.17) is 0 Å². The third-order valence-corrected chi connectivity index (χ3v) is 3.81. The lowest BCUT2D eigenvalue weighted by Crippen LogP contribution is -2.41. The van der Waals surface area contributed by atoms with Crippen molar-refractivity contribution in [1.82, 2.24) is 14.5 Å². The minimum atomic E-state index is 0.590. The van der Waals surface area contributed by atoms with Crippen LogP contribution < -0.4 is 5.32 Å². The van der Waals surface area contributed by atoms with Crippen molar-refractivity contribution in [1.29, 1.82) is 0 Å². The van der Waals surface area contributed by atoms with E-state index in [0.29, 0.717) is 6.04 Å². The average molecular weight is 250 g/mol. The van der Waals surface area contributed by atoms with Crippen molar-refractivity contribution in [3.8, 4) is 0 Å². The lowest BCUT2D eigenvalue weighted by atomic mass is 10.1. The molecule has 4 heteroatoms. The number of anilines is 1. The lowest BCUT2D eigenvalue weighted by molar-refractivity contribution is 0.180. The Labute approximate surface area is 110 Å². The van der Waals surface area contributed by atoms with Crippen LogP contribution in [-0.2, 0) is 6.54 Å². The maximum Gasteiger partial charge on any atom is 0.203 e. The molecule has 0 bridgehead atoms. The summed E-state index contributed by atoms with van der Waals surface area (Å²) >= 11 is 0. The zero-order chi connectivity index (χ0) is 13.0. The van der Waals surface area contributed by atoms with E-state index in [1.807, 2.05) is 6.92 Å². The summed E-state index contributed by atoms with van der Waals surface area (Å²) in [6.45, 7) is 11.0. The van der Waals surface area contributed by atoms with Gasteiger partial charge < -0.3 is 9.88 Å². The van der Waals surface area contributed by atoms with E-state index in [0.717, 1.165) is 24.7 Å². The SMILES string of the molecule is CCn1cc(C)nc1NCC(C)N1CCCCC1. The highest BCUT2D eigenvalue weighted by Gasteiger charge is 2.16. The molecule has 1 aliphatic rings. The lowest BCUT2D eigenvalue weighted by Gasteiger charge is -2.32. The van der Waals surface area contributed by atoms with Crippen molar-refractivity contribution >= 4 is 5.95 Å². The third kappa shape index (κ3) is 3.25. The van der Waals surface area contributed by atoms with Crippen LogP contribution in [0.4, 0.5) is 5.95 Å². The van der Waals surface area contributed by atoms with Gasteiger partial charge in [0.05, 0.1) is 5.69 Å². The minimum absolute atomic E-state index is 0.590. The quantitative estimate of drug-likeness (QED) is 0.871. The van der Waals surface area contributed by atoms with Crippen molar-refractivity contribution in [3.63, 3.8) is 0 Å². The molecule has 1 unspecified atom stereocenters. The molecular formula is C14H26N4. The van der Waals surface area contributed by atoms with Crippen LogP contribution in [-0.4, -0.2) is 40.1 Å². The first-order valence-electron chi connectivity index (χ1n) is 7.22. The van der Waals surface area contributed by atoms with Crippen LogP contribution in [0.1, 0.15) is 38.8 Å². The monoisotopic (exact) mass is 250 g/mol. The Bertz CT molecular complexity index is 366. The van der Waals surface area contributed by atoms with Crippen molar-refractivity contribution in [2.45, 2.75) is 52.6 Å². The van der Waals surface area contributed by atoms with E-state index >= 15 is 0 Å². The summed E-state index contributed by atoms with van der Waals surface area (Å²) < 4.78 is 2.18. The van der Waals surface area contributed by atoms with Gasteiger partial charge in [-0.1, -0.05) is 6.42 Å². The molecule has 0 radical (unpaired) electrons. The molecule has 1 aliphatic heterocycles. The number of likely N-dealkylation sites (tertiary alicyclic amines) is 1. The molecule has 1 aromatic heterocycles. The van der Waals surface area contributed by atoms with Crippen molar-refractivity contribution in [3.05, 3.63) is 11.9 Å². The van der Waals surface area contributed by atoms with Gasteiger partial charge in [0, 0.05) is 25.3 Å². The molecule has 1 fully saturated rings. The van der Waals surface area contributed by atoms with Gasteiger partial charge in [0.25, 0.3) is 0 Å². The minimum Gasteiger partial charge on any atom is -0.354 e. The Morgan fingerprint density at radius 1 is 1.33 bits per heavy atom. The number of hydrogen-bond acceptors (Lipinski definition) is 3. The zero-order valence-corrected chi connectivity index (χ0v) is 11.9. The van der Waals surface area contributed by atoms with E-state index in [-0.39, 0.29) is 0 Å². The van der Waals surface area contributed by atoms with Crippen molar-refractivity contribution in [2.24, 2.45) is 0 Å². The molecule has 102 valence electrons. The summed E-state index contributed by atoms with van der Waals surface area (Å²) in [5, 5.41) is 3.49. The second kappa shape index (κ2) is 6.23. The number of nitrogens with one attached hydrogen (secondary N) is 1. The second-order valence-electron chi connectivity index (χ2n) is 5.32. The number of imidazole rings is 1. The molecule has 0 saturated carbocycles. The molecule has 0 aromatic carbocycles. The summed E-state index contributed by atoms with van der Waals surface area (Å²) in [6.07, 6.45) is 6.21. The van der Waals surface area contributed by atoms with Crippen LogP contribution in [0.5, 0.6) is 0 Å². The van der Waals surface area contributed by atoms with Crippen LogP contribution in [0.15, 0.2) is 6.20 Å². The Morgan fingerprint density at radius 2 is 2.06 bits per heavy atom. The van der Waals surface area contributed by atoms with Crippen LogP contribution in [0.2, 0.25) is 0 Å². The summed E-state index contributed by atoms with van der Waals surface area (Å²) in [5.74, 6) is 1.01. The molecule has 18 heavy (non-hydrogen) atoms. The number of piperidine rings is 1. The first kappa shape index (κ1) is 13.4. The molecular weight excluding hydrogens is 224 g/mol. The number of hydrogen-bond donors (Lipinski definition) is 1. The molecule has 4 nitrogen and oxygen atoms in total. The molecule has 1 aromatic rings. The van der Waals surface area contributed by atoms with Gasteiger partial charge in [-0.15, -0.1) is 0 Å². The molecule has 2 heterocycles. The molecule has 1 atom stereocenters. The standard InChI is InChI=1S/C14H26N4/c1-4-17-11-12(2)16-14(17)15-10-13(3)18-8-6-5-7-9-18/h11,13H,4-10H2,1-3H3,(H,15,16). The van der Waals surface area contributed by atoms with E-state index in [1.165, 1.54) is 32.4 Å². The molecule has 1 N–H and O–H groups in total. The Balaban J connectivity index is 1.86. The van der Waals surface area contributed by atoms with Crippen molar-refractivity contribution in [2.75, 3.05) is 25.0 Å². The predicted octanol–water partition coefficient (Wildman–Crippen LogP) is 2.50. The fourth-order valence-electron chi connectivity index (χ4n) is 2.66. The normalized spacial score (nSPS) is 18.8. The number of rotatable bonds is 5. The van der Waals surface area contributed by atoms with Crippen molar-refractivity contribution < 1.29 is 0 Å². The van der Waals surface area contributed by atoms with Crippen LogP contribution in [0.3, 0.4) is 0 Å². The first-order chi connectivity index (χ1) is 8.70. The Hall–Kier alpha value is -1.03. The predicted molar refractivity (Wildman–Crippen MR) is 76.0 cm³/mol. The number of nitrogens with zero attached hydrogens (tertiary/aromatic N) is 3. The Morgan fingerprint density at radius 3 is 2.72 bits per heavy atom. The summed E-state index contributed by atoms with van der Waals surface area (Å²) in [5.41, 5.74) is 1.09.